The van der Waals surface area contributed by atoms with E-state index < -0.39 is 0 Å². The summed E-state index contributed by atoms with van der Waals surface area (Å²) in [4.78, 5) is 29.2. The van der Waals surface area contributed by atoms with E-state index in [1.54, 1.807) is 23.7 Å². The molecule has 0 atom stereocenters. The van der Waals surface area contributed by atoms with Crippen LogP contribution in [-0.2, 0) is 17.2 Å². The number of benzene rings is 1. The number of rotatable bonds is 2. The van der Waals surface area contributed by atoms with Crippen molar-refractivity contribution < 1.29 is 9.53 Å². The zero-order valence-corrected chi connectivity index (χ0v) is 12.7. The Morgan fingerprint density at radius 3 is 2.57 bits per heavy atom. The molecular formula is C16H18N2O3. The van der Waals surface area contributed by atoms with Crippen LogP contribution in [0.4, 0.5) is 0 Å². The molecule has 5 heteroatoms. The first-order chi connectivity index (χ1) is 9.83. The first-order valence-electron chi connectivity index (χ1n) is 6.94. The van der Waals surface area contributed by atoms with E-state index in [0.29, 0.717) is 35.5 Å². The molecule has 1 fully saturated rings. The molecule has 2 aromatic rings. The van der Waals surface area contributed by atoms with Crippen molar-refractivity contribution >= 4 is 16.7 Å². The van der Waals surface area contributed by atoms with Crippen molar-refractivity contribution in [2.75, 3.05) is 13.2 Å². The van der Waals surface area contributed by atoms with Crippen LogP contribution in [0.5, 0.6) is 0 Å². The molecule has 2 heterocycles. The number of hydrogen-bond acceptors (Lipinski definition) is 4. The van der Waals surface area contributed by atoms with Gasteiger partial charge in [0.1, 0.15) is 5.82 Å². The number of ether oxygens (including phenoxy) is 1. The lowest BCUT2D eigenvalue weighted by atomic mass is 9.87. The van der Waals surface area contributed by atoms with Gasteiger partial charge in [0, 0.05) is 12.6 Å². The van der Waals surface area contributed by atoms with Crippen molar-refractivity contribution in [1.29, 1.82) is 0 Å². The van der Waals surface area contributed by atoms with Gasteiger partial charge in [-0.1, -0.05) is 0 Å². The van der Waals surface area contributed by atoms with Gasteiger partial charge in [-0.15, -0.1) is 0 Å². The zero-order valence-electron chi connectivity index (χ0n) is 12.7. The molecule has 0 radical (unpaired) electrons. The van der Waals surface area contributed by atoms with Crippen LogP contribution in [0.25, 0.3) is 10.9 Å². The molecule has 5 nitrogen and oxygen atoms in total. The Morgan fingerprint density at radius 1 is 1.38 bits per heavy atom. The van der Waals surface area contributed by atoms with Gasteiger partial charge in [0.15, 0.2) is 5.78 Å². The number of carbonyl (C=O) groups excluding carboxylic acids is 1. The Kier molecular flexibility index (Phi) is 2.99. The maximum atomic E-state index is 12.6. The molecule has 1 aliphatic heterocycles. The first kappa shape index (κ1) is 13.9. The Hall–Kier alpha value is -2.01. The fourth-order valence-corrected chi connectivity index (χ4v) is 2.87. The number of ketones is 1. The lowest BCUT2D eigenvalue weighted by Gasteiger charge is -2.38. The number of aromatic nitrogens is 2. The summed E-state index contributed by atoms with van der Waals surface area (Å²) >= 11 is 0. The monoisotopic (exact) mass is 286 g/mol. The Labute approximate surface area is 122 Å². The molecule has 0 saturated carbocycles. The summed E-state index contributed by atoms with van der Waals surface area (Å²) in [6.07, 6.45) is 0. The Bertz CT molecular complexity index is 816. The van der Waals surface area contributed by atoms with E-state index in [0.717, 1.165) is 5.56 Å². The number of fused-ring (bicyclic) bond motifs is 1. The summed E-state index contributed by atoms with van der Waals surface area (Å²) in [6, 6.07) is 3.58. The van der Waals surface area contributed by atoms with Crippen molar-refractivity contribution in [3.8, 4) is 0 Å². The highest BCUT2D eigenvalue weighted by atomic mass is 16.5. The fourth-order valence-electron chi connectivity index (χ4n) is 2.87. The minimum Gasteiger partial charge on any atom is -0.379 e. The molecule has 1 aromatic heterocycles. The van der Waals surface area contributed by atoms with Gasteiger partial charge in [0.05, 0.1) is 29.5 Å². The van der Waals surface area contributed by atoms with Crippen LogP contribution in [0.2, 0.25) is 0 Å². The third-order valence-electron chi connectivity index (χ3n) is 4.09. The van der Waals surface area contributed by atoms with Gasteiger partial charge >= 0.3 is 0 Å². The summed E-state index contributed by atoms with van der Waals surface area (Å²) in [6.45, 7) is 6.48. The summed E-state index contributed by atoms with van der Waals surface area (Å²) in [5.74, 6) is 0.600. The Balaban J connectivity index is 2.42. The van der Waals surface area contributed by atoms with E-state index >= 15 is 0 Å². The fraction of sp³-hybridized carbons (Fsp3) is 0.438. The molecule has 21 heavy (non-hydrogen) atoms. The van der Waals surface area contributed by atoms with E-state index in [2.05, 4.69) is 4.98 Å². The summed E-state index contributed by atoms with van der Waals surface area (Å²) in [5.41, 5.74) is 1.51. The number of carbonyl (C=O) groups is 1. The van der Waals surface area contributed by atoms with Crippen LogP contribution in [0.1, 0.15) is 35.6 Å². The van der Waals surface area contributed by atoms with Gasteiger partial charge in [-0.25, -0.2) is 4.98 Å². The van der Waals surface area contributed by atoms with E-state index in [-0.39, 0.29) is 16.8 Å². The van der Waals surface area contributed by atoms with E-state index in [1.165, 1.54) is 6.92 Å². The second-order valence-electron chi connectivity index (χ2n) is 6.12. The molecule has 0 bridgehead atoms. The normalized spacial score (nSPS) is 16.8. The first-order valence-corrected chi connectivity index (χ1v) is 6.94. The molecule has 1 aromatic carbocycles. The highest BCUT2D eigenvalue weighted by molar-refractivity contribution is 6.05. The van der Waals surface area contributed by atoms with Crippen LogP contribution in [-0.4, -0.2) is 28.5 Å². The van der Waals surface area contributed by atoms with Gasteiger partial charge in [-0.2, -0.15) is 0 Å². The predicted molar refractivity (Wildman–Crippen MR) is 79.9 cm³/mol. The third kappa shape index (κ3) is 2.00. The lowest BCUT2D eigenvalue weighted by Crippen LogP contribution is -2.48. The van der Waals surface area contributed by atoms with E-state index in [9.17, 15) is 9.59 Å². The van der Waals surface area contributed by atoms with Gasteiger partial charge in [-0.3, -0.25) is 14.2 Å². The lowest BCUT2D eigenvalue weighted by molar-refractivity contribution is -0.0559. The standard InChI is InChI=1S/C16H18N2O3/c1-9-5-11(10(2)19)13-12(6-9)14(20)18(4)15(17-13)16(3)7-21-8-16/h5-6H,7-8H2,1-4H3. The number of Topliss-reactive ketones (excluding diaryl/α,β-unsaturated/α-hetero) is 1. The minimum atomic E-state index is -0.263. The summed E-state index contributed by atoms with van der Waals surface area (Å²) < 4.78 is 6.85. The van der Waals surface area contributed by atoms with Crippen LogP contribution >= 0.6 is 0 Å². The van der Waals surface area contributed by atoms with Gasteiger partial charge in [0.25, 0.3) is 5.56 Å². The molecule has 0 spiro atoms. The van der Waals surface area contributed by atoms with Crippen molar-refractivity contribution in [2.45, 2.75) is 26.2 Å². The van der Waals surface area contributed by atoms with Crippen molar-refractivity contribution in [3.63, 3.8) is 0 Å². The van der Waals surface area contributed by atoms with Crippen LogP contribution in [0, 0.1) is 6.92 Å². The maximum Gasteiger partial charge on any atom is 0.261 e. The highest BCUT2D eigenvalue weighted by Crippen LogP contribution is 2.30. The van der Waals surface area contributed by atoms with Crippen molar-refractivity contribution in [2.24, 2.45) is 7.05 Å². The molecule has 0 unspecified atom stereocenters. The van der Waals surface area contributed by atoms with E-state index in [4.69, 9.17) is 4.74 Å². The topological polar surface area (TPSA) is 61.2 Å². The largest absolute Gasteiger partial charge is 0.379 e. The van der Waals surface area contributed by atoms with Crippen LogP contribution in [0.3, 0.4) is 0 Å². The van der Waals surface area contributed by atoms with Gasteiger partial charge in [-0.05, 0) is 38.5 Å². The van der Waals surface area contributed by atoms with Gasteiger partial charge in [0.2, 0.25) is 0 Å². The van der Waals surface area contributed by atoms with Crippen LogP contribution in [0.15, 0.2) is 16.9 Å². The Morgan fingerprint density at radius 2 is 2.05 bits per heavy atom. The quantitative estimate of drug-likeness (QED) is 0.789. The van der Waals surface area contributed by atoms with Gasteiger partial charge < -0.3 is 4.74 Å². The molecular weight excluding hydrogens is 268 g/mol. The predicted octanol–water partition coefficient (Wildman–Crippen LogP) is 1.73. The SMILES string of the molecule is CC(=O)c1cc(C)cc2c(=O)n(C)c(C3(C)COC3)nc12. The molecule has 3 rings (SSSR count). The highest BCUT2D eigenvalue weighted by Gasteiger charge is 2.39. The van der Waals surface area contributed by atoms with E-state index in [1.807, 2.05) is 13.8 Å². The molecule has 110 valence electrons. The average Bonchev–Trinajstić information content (AvgIpc) is 2.39. The average molecular weight is 286 g/mol. The number of nitrogens with zero attached hydrogens (tertiary/aromatic N) is 2. The minimum absolute atomic E-state index is 0.0783. The molecule has 0 amide bonds. The third-order valence-corrected chi connectivity index (χ3v) is 4.09. The second-order valence-corrected chi connectivity index (χ2v) is 6.12. The summed E-state index contributed by atoms with van der Waals surface area (Å²) in [7, 11) is 1.73. The second kappa shape index (κ2) is 4.49. The molecule has 1 saturated heterocycles. The number of hydrogen-bond donors (Lipinski definition) is 0. The smallest absolute Gasteiger partial charge is 0.261 e. The molecule has 1 aliphatic rings. The summed E-state index contributed by atoms with van der Waals surface area (Å²) in [5, 5.41) is 0.496. The molecule has 0 N–H and O–H groups in total. The van der Waals surface area contributed by atoms with Crippen molar-refractivity contribution in [1.82, 2.24) is 9.55 Å². The molecule has 0 aliphatic carbocycles. The number of aryl methyl sites for hydroxylation is 1. The zero-order chi connectivity index (χ0) is 15.4. The maximum absolute atomic E-state index is 12.6. The van der Waals surface area contributed by atoms with Crippen LogP contribution < -0.4 is 5.56 Å². The van der Waals surface area contributed by atoms with Crippen molar-refractivity contribution in [3.05, 3.63) is 39.4 Å².